The van der Waals surface area contributed by atoms with E-state index in [0.29, 0.717) is 12.2 Å². The van der Waals surface area contributed by atoms with Crippen molar-refractivity contribution >= 4 is 16.9 Å². The second-order valence-electron chi connectivity index (χ2n) is 9.93. The van der Waals surface area contributed by atoms with Gasteiger partial charge in [-0.2, -0.15) is 0 Å². The molecular formula is C25H28N2O. The summed E-state index contributed by atoms with van der Waals surface area (Å²) in [6, 6.07) is 10.7. The Hall–Kier alpha value is -2.16. The summed E-state index contributed by atoms with van der Waals surface area (Å²) >= 11 is 0. The first-order valence-electron chi connectivity index (χ1n) is 10.9. The number of ketones is 1. The number of imidazole rings is 1. The van der Waals surface area contributed by atoms with Crippen LogP contribution in [-0.2, 0) is 4.79 Å². The van der Waals surface area contributed by atoms with Crippen LogP contribution in [0.15, 0.2) is 42.9 Å². The van der Waals surface area contributed by atoms with E-state index in [9.17, 15) is 4.79 Å². The fraction of sp³-hybridized carbons (Fsp3) is 0.520. The van der Waals surface area contributed by atoms with Crippen molar-refractivity contribution in [1.82, 2.24) is 9.55 Å². The predicted octanol–water partition coefficient (Wildman–Crippen LogP) is 5.54. The first-order chi connectivity index (χ1) is 13.6. The van der Waals surface area contributed by atoms with E-state index in [0.717, 1.165) is 37.0 Å². The van der Waals surface area contributed by atoms with Crippen molar-refractivity contribution in [3.8, 4) is 0 Å². The predicted molar refractivity (Wildman–Crippen MR) is 110 cm³/mol. The van der Waals surface area contributed by atoms with Crippen LogP contribution in [0.4, 0.5) is 0 Å². The Bertz CT molecular complexity index is 932. The quantitative estimate of drug-likeness (QED) is 0.706. The van der Waals surface area contributed by atoms with Crippen LogP contribution in [0.3, 0.4) is 0 Å². The molecule has 3 nitrogen and oxygen atoms in total. The molecule has 3 heteroatoms. The Balaban J connectivity index is 1.35. The van der Waals surface area contributed by atoms with Gasteiger partial charge in [-0.15, -0.1) is 0 Å². The van der Waals surface area contributed by atoms with Gasteiger partial charge in [0.05, 0.1) is 24.3 Å². The van der Waals surface area contributed by atoms with Gasteiger partial charge in [-0.3, -0.25) is 4.79 Å². The standard InChI is InChI=1S/C25H28N2O/c1-16-22-14-26-15-27(22)21(24(16)20-5-3-2-4-6-20)10-23(28)25-11-17-7-18(12-25)9-19(8-17)13-25/h2-6,14-15,17-19,21H,7-13H2,1H3. The summed E-state index contributed by atoms with van der Waals surface area (Å²) in [5, 5.41) is 0. The van der Waals surface area contributed by atoms with Crippen LogP contribution in [0.25, 0.3) is 11.1 Å². The molecule has 0 amide bonds. The van der Waals surface area contributed by atoms with E-state index in [4.69, 9.17) is 0 Å². The van der Waals surface area contributed by atoms with Crippen LogP contribution in [0, 0.1) is 23.2 Å². The van der Waals surface area contributed by atoms with Crippen LogP contribution >= 0.6 is 0 Å². The van der Waals surface area contributed by atoms with Gasteiger partial charge in [0.15, 0.2) is 0 Å². The van der Waals surface area contributed by atoms with Gasteiger partial charge >= 0.3 is 0 Å². The number of allylic oxidation sites excluding steroid dienone is 2. The van der Waals surface area contributed by atoms with E-state index in [1.54, 1.807) is 0 Å². The number of carbonyl (C=O) groups excluding carboxylic acids is 1. The average molecular weight is 373 g/mol. The SMILES string of the molecule is CC1=C(c2ccccc2)C(CC(=O)C23CC4CC(CC(C4)C2)C3)n2cncc21. The molecule has 0 N–H and O–H groups in total. The molecule has 0 saturated heterocycles. The Labute approximate surface area is 166 Å². The topological polar surface area (TPSA) is 34.9 Å². The normalized spacial score (nSPS) is 35.5. The van der Waals surface area contributed by atoms with E-state index >= 15 is 0 Å². The average Bonchev–Trinajstić information content (AvgIpc) is 3.25. The van der Waals surface area contributed by atoms with Gasteiger partial charge in [-0.1, -0.05) is 30.3 Å². The van der Waals surface area contributed by atoms with Gasteiger partial charge in [-0.25, -0.2) is 4.98 Å². The van der Waals surface area contributed by atoms with Crippen LogP contribution in [0.2, 0.25) is 0 Å². The largest absolute Gasteiger partial charge is 0.323 e. The van der Waals surface area contributed by atoms with Crippen molar-refractivity contribution in [2.24, 2.45) is 23.2 Å². The molecule has 0 spiro atoms. The number of aromatic nitrogens is 2. The lowest BCUT2D eigenvalue weighted by molar-refractivity contribution is -0.144. The van der Waals surface area contributed by atoms with Crippen molar-refractivity contribution in [1.29, 1.82) is 0 Å². The Kier molecular flexibility index (Phi) is 3.54. The summed E-state index contributed by atoms with van der Waals surface area (Å²) in [6.07, 6.45) is 12.1. The van der Waals surface area contributed by atoms with Crippen LogP contribution < -0.4 is 0 Å². The maximum atomic E-state index is 13.8. The number of benzene rings is 1. The second kappa shape index (κ2) is 5.92. The second-order valence-corrected chi connectivity index (χ2v) is 9.93. The van der Waals surface area contributed by atoms with Crippen LogP contribution in [0.1, 0.15) is 69.2 Å². The summed E-state index contributed by atoms with van der Waals surface area (Å²) in [6.45, 7) is 2.19. The molecule has 144 valence electrons. The molecule has 1 atom stereocenters. The summed E-state index contributed by atoms with van der Waals surface area (Å²) in [4.78, 5) is 18.2. The molecule has 0 radical (unpaired) electrons. The molecule has 1 aliphatic heterocycles. The number of hydrogen-bond donors (Lipinski definition) is 0. The van der Waals surface area contributed by atoms with E-state index < -0.39 is 0 Å². The molecule has 4 fully saturated rings. The van der Waals surface area contributed by atoms with Gasteiger partial charge in [-0.05, 0) is 79.9 Å². The summed E-state index contributed by atoms with van der Waals surface area (Å²) in [5.41, 5.74) is 4.98. The zero-order valence-electron chi connectivity index (χ0n) is 16.6. The fourth-order valence-corrected chi connectivity index (χ4v) is 7.44. The van der Waals surface area contributed by atoms with Gasteiger partial charge in [0.2, 0.25) is 0 Å². The highest BCUT2D eigenvalue weighted by Gasteiger charge is 2.54. The van der Waals surface area contributed by atoms with Crippen molar-refractivity contribution in [2.45, 2.75) is 57.9 Å². The Morgan fingerprint density at radius 1 is 1.07 bits per heavy atom. The molecule has 5 aliphatic rings. The smallest absolute Gasteiger partial charge is 0.141 e. The van der Waals surface area contributed by atoms with Crippen molar-refractivity contribution in [3.05, 3.63) is 54.1 Å². The van der Waals surface area contributed by atoms with E-state index in [1.807, 2.05) is 12.5 Å². The third-order valence-corrected chi connectivity index (χ3v) is 8.22. The maximum absolute atomic E-state index is 13.8. The minimum Gasteiger partial charge on any atom is -0.323 e. The summed E-state index contributed by atoms with van der Waals surface area (Å²) in [5.74, 6) is 2.97. The molecule has 1 aromatic carbocycles. The zero-order valence-corrected chi connectivity index (χ0v) is 16.6. The highest BCUT2D eigenvalue weighted by atomic mass is 16.1. The summed E-state index contributed by atoms with van der Waals surface area (Å²) in [7, 11) is 0. The monoisotopic (exact) mass is 372 g/mol. The number of hydrogen-bond acceptors (Lipinski definition) is 2. The fourth-order valence-electron chi connectivity index (χ4n) is 7.44. The zero-order chi connectivity index (χ0) is 18.9. The Morgan fingerprint density at radius 2 is 1.71 bits per heavy atom. The molecule has 7 rings (SSSR count). The lowest BCUT2D eigenvalue weighted by atomic mass is 9.48. The Morgan fingerprint density at radius 3 is 2.36 bits per heavy atom. The lowest BCUT2D eigenvalue weighted by Gasteiger charge is -2.56. The number of fused-ring (bicyclic) bond motifs is 1. The van der Waals surface area contributed by atoms with E-state index in [-0.39, 0.29) is 11.5 Å². The highest BCUT2D eigenvalue weighted by molar-refractivity contribution is 5.97. The molecule has 1 aromatic heterocycles. The van der Waals surface area contributed by atoms with Crippen LogP contribution in [-0.4, -0.2) is 15.3 Å². The maximum Gasteiger partial charge on any atom is 0.141 e. The first kappa shape index (κ1) is 16.8. The van der Waals surface area contributed by atoms with E-state index in [2.05, 4.69) is 46.8 Å². The van der Waals surface area contributed by atoms with Crippen molar-refractivity contribution < 1.29 is 4.79 Å². The molecule has 4 saturated carbocycles. The highest BCUT2D eigenvalue weighted by Crippen LogP contribution is 2.61. The number of Topliss-reactive ketones (excluding diaryl/α,β-unsaturated/α-hetero) is 1. The molecule has 1 unspecified atom stereocenters. The third kappa shape index (κ3) is 2.34. The van der Waals surface area contributed by atoms with Gasteiger partial charge < -0.3 is 4.57 Å². The number of rotatable bonds is 4. The minimum absolute atomic E-state index is 0.0201. The van der Waals surface area contributed by atoms with Crippen molar-refractivity contribution in [3.63, 3.8) is 0 Å². The lowest BCUT2D eigenvalue weighted by Crippen LogP contribution is -2.50. The molecule has 4 bridgehead atoms. The number of carbonyl (C=O) groups is 1. The first-order valence-corrected chi connectivity index (χ1v) is 10.9. The summed E-state index contributed by atoms with van der Waals surface area (Å²) < 4.78 is 2.25. The molecule has 2 heterocycles. The van der Waals surface area contributed by atoms with E-state index in [1.165, 1.54) is 41.7 Å². The van der Waals surface area contributed by atoms with Gasteiger partial charge in [0.25, 0.3) is 0 Å². The minimum atomic E-state index is -0.0201. The molecule has 4 aliphatic carbocycles. The van der Waals surface area contributed by atoms with Gasteiger partial charge in [0.1, 0.15) is 5.78 Å². The van der Waals surface area contributed by atoms with Gasteiger partial charge in [0, 0.05) is 11.8 Å². The van der Waals surface area contributed by atoms with Crippen LogP contribution in [0.5, 0.6) is 0 Å². The molecule has 28 heavy (non-hydrogen) atoms. The molecular weight excluding hydrogens is 344 g/mol. The van der Waals surface area contributed by atoms with Crippen molar-refractivity contribution in [2.75, 3.05) is 0 Å². The third-order valence-electron chi connectivity index (χ3n) is 8.22. The molecule has 2 aromatic rings. The number of nitrogens with zero attached hydrogens (tertiary/aromatic N) is 2.